The zero-order valence-electron chi connectivity index (χ0n) is 11.0. The normalized spacial score (nSPS) is 22.4. The highest BCUT2D eigenvalue weighted by Crippen LogP contribution is 2.28. The third kappa shape index (κ3) is 4.51. The first kappa shape index (κ1) is 14.9. The van der Waals surface area contributed by atoms with Crippen molar-refractivity contribution in [1.29, 1.82) is 0 Å². The first-order valence-corrected chi connectivity index (χ1v) is 8.58. The number of nitrogens with one attached hydrogen (secondary N) is 2. The van der Waals surface area contributed by atoms with Gasteiger partial charge in [0.1, 0.15) is 0 Å². The highest BCUT2D eigenvalue weighted by Gasteiger charge is 2.26. The molecule has 1 aliphatic carbocycles. The van der Waals surface area contributed by atoms with Gasteiger partial charge in [0.15, 0.2) is 0 Å². The SMILES string of the molecule is CSC1CCCC1NCC(=O)Nc1cccc(Br)c1. The Labute approximate surface area is 127 Å². The molecule has 0 bridgehead atoms. The minimum Gasteiger partial charge on any atom is -0.325 e. The maximum Gasteiger partial charge on any atom is 0.238 e. The molecule has 1 aromatic rings. The predicted molar refractivity (Wildman–Crippen MR) is 85.7 cm³/mol. The minimum absolute atomic E-state index is 0.0184. The lowest BCUT2D eigenvalue weighted by Crippen LogP contribution is -2.39. The highest BCUT2D eigenvalue weighted by atomic mass is 79.9. The molecule has 1 fully saturated rings. The number of amides is 1. The van der Waals surface area contributed by atoms with Crippen LogP contribution in [0.15, 0.2) is 28.7 Å². The van der Waals surface area contributed by atoms with Crippen LogP contribution in [0.2, 0.25) is 0 Å². The summed E-state index contributed by atoms with van der Waals surface area (Å²) < 4.78 is 0.969. The Morgan fingerprint density at radius 2 is 2.32 bits per heavy atom. The number of anilines is 1. The summed E-state index contributed by atoms with van der Waals surface area (Å²) in [7, 11) is 0. The smallest absolute Gasteiger partial charge is 0.238 e. The van der Waals surface area contributed by atoms with Gasteiger partial charge in [0, 0.05) is 21.5 Å². The zero-order valence-corrected chi connectivity index (χ0v) is 13.4. The van der Waals surface area contributed by atoms with E-state index in [0.717, 1.165) is 10.2 Å². The van der Waals surface area contributed by atoms with Crippen LogP contribution in [0, 0.1) is 0 Å². The Morgan fingerprint density at radius 1 is 1.47 bits per heavy atom. The number of thioether (sulfide) groups is 1. The lowest BCUT2D eigenvalue weighted by Gasteiger charge is -2.18. The minimum atomic E-state index is 0.0184. The summed E-state index contributed by atoms with van der Waals surface area (Å²) in [6.07, 6.45) is 5.84. The van der Waals surface area contributed by atoms with E-state index in [2.05, 4.69) is 32.8 Å². The van der Waals surface area contributed by atoms with Gasteiger partial charge >= 0.3 is 0 Å². The molecule has 104 valence electrons. The van der Waals surface area contributed by atoms with E-state index in [0.29, 0.717) is 17.8 Å². The van der Waals surface area contributed by atoms with Crippen LogP contribution in [0.25, 0.3) is 0 Å². The molecule has 0 aliphatic heterocycles. The maximum atomic E-state index is 11.9. The molecule has 2 rings (SSSR count). The van der Waals surface area contributed by atoms with Crippen LogP contribution in [0.5, 0.6) is 0 Å². The van der Waals surface area contributed by atoms with E-state index >= 15 is 0 Å². The molecule has 5 heteroatoms. The summed E-state index contributed by atoms with van der Waals surface area (Å²) in [6, 6.07) is 8.12. The Morgan fingerprint density at radius 3 is 3.05 bits per heavy atom. The standard InChI is InChI=1S/C14H19BrN2OS/c1-19-13-7-3-6-12(13)16-9-14(18)17-11-5-2-4-10(15)8-11/h2,4-5,8,12-13,16H,3,6-7,9H2,1H3,(H,17,18). The topological polar surface area (TPSA) is 41.1 Å². The Bertz CT molecular complexity index is 441. The summed E-state index contributed by atoms with van der Waals surface area (Å²) in [6.45, 7) is 0.383. The summed E-state index contributed by atoms with van der Waals surface area (Å²) in [5.41, 5.74) is 0.828. The molecule has 1 aromatic carbocycles. The van der Waals surface area contributed by atoms with Crippen molar-refractivity contribution in [2.45, 2.75) is 30.6 Å². The molecule has 2 unspecified atom stereocenters. The van der Waals surface area contributed by atoms with Crippen molar-refractivity contribution in [3.05, 3.63) is 28.7 Å². The van der Waals surface area contributed by atoms with E-state index in [1.807, 2.05) is 36.0 Å². The number of rotatable bonds is 5. The van der Waals surface area contributed by atoms with Crippen LogP contribution in [-0.4, -0.2) is 30.0 Å². The summed E-state index contributed by atoms with van der Waals surface area (Å²) in [5, 5.41) is 6.93. The van der Waals surface area contributed by atoms with Crippen molar-refractivity contribution in [2.24, 2.45) is 0 Å². The van der Waals surface area contributed by atoms with Crippen molar-refractivity contribution >= 4 is 39.3 Å². The predicted octanol–water partition coefficient (Wildman–Crippen LogP) is 3.26. The van der Waals surface area contributed by atoms with Crippen LogP contribution in [0.1, 0.15) is 19.3 Å². The van der Waals surface area contributed by atoms with Crippen LogP contribution in [-0.2, 0) is 4.79 Å². The Hall–Kier alpha value is -0.520. The van der Waals surface area contributed by atoms with Crippen molar-refractivity contribution < 1.29 is 4.79 Å². The van der Waals surface area contributed by atoms with Crippen LogP contribution in [0.4, 0.5) is 5.69 Å². The van der Waals surface area contributed by atoms with Gasteiger partial charge in [-0.1, -0.05) is 28.4 Å². The lowest BCUT2D eigenvalue weighted by molar-refractivity contribution is -0.115. The van der Waals surface area contributed by atoms with E-state index in [9.17, 15) is 4.79 Å². The van der Waals surface area contributed by atoms with Crippen molar-refractivity contribution in [3.63, 3.8) is 0 Å². The van der Waals surface area contributed by atoms with Crippen LogP contribution in [0.3, 0.4) is 0 Å². The van der Waals surface area contributed by atoms with Gasteiger partial charge in [-0.25, -0.2) is 0 Å². The molecule has 3 nitrogen and oxygen atoms in total. The molecule has 0 radical (unpaired) electrons. The van der Waals surface area contributed by atoms with E-state index < -0.39 is 0 Å². The molecule has 1 saturated carbocycles. The molecule has 2 atom stereocenters. The van der Waals surface area contributed by atoms with Crippen LogP contribution >= 0.6 is 27.7 Å². The molecule has 0 aromatic heterocycles. The molecule has 0 heterocycles. The van der Waals surface area contributed by atoms with E-state index in [4.69, 9.17) is 0 Å². The maximum absolute atomic E-state index is 11.9. The molecule has 1 aliphatic rings. The molecule has 1 amide bonds. The fourth-order valence-electron chi connectivity index (χ4n) is 2.44. The third-order valence-electron chi connectivity index (χ3n) is 3.39. The second-order valence-electron chi connectivity index (χ2n) is 4.75. The van der Waals surface area contributed by atoms with Gasteiger partial charge in [0.05, 0.1) is 6.54 Å². The van der Waals surface area contributed by atoms with E-state index in [1.54, 1.807) is 0 Å². The fraction of sp³-hybridized carbons (Fsp3) is 0.500. The molecule has 19 heavy (non-hydrogen) atoms. The number of benzene rings is 1. The van der Waals surface area contributed by atoms with E-state index in [-0.39, 0.29) is 5.91 Å². The molecule has 2 N–H and O–H groups in total. The average Bonchev–Trinajstić information content (AvgIpc) is 2.83. The molecular weight excluding hydrogens is 324 g/mol. The van der Waals surface area contributed by atoms with Gasteiger partial charge in [-0.2, -0.15) is 11.8 Å². The van der Waals surface area contributed by atoms with Gasteiger partial charge in [0.2, 0.25) is 5.91 Å². The first-order valence-electron chi connectivity index (χ1n) is 6.50. The number of halogens is 1. The largest absolute Gasteiger partial charge is 0.325 e. The quantitative estimate of drug-likeness (QED) is 0.862. The van der Waals surface area contributed by atoms with Gasteiger partial charge in [-0.05, 0) is 37.3 Å². The second-order valence-corrected chi connectivity index (χ2v) is 6.74. The van der Waals surface area contributed by atoms with Gasteiger partial charge in [-0.15, -0.1) is 0 Å². The molecule has 0 spiro atoms. The van der Waals surface area contributed by atoms with Gasteiger partial charge in [0.25, 0.3) is 0 Å². The fourth-order valence-corrected chi connectivity index (χ4v) is 3.80. The van der Waals surface area contributed by atoms with Crippen molar-refractivity contribution in [1.82, 2.24) is 5.32 Å². The number of carbonyl (C=O) groups excluding carboxylic acids is 1. The third-order valence-corrected chi connectivity index (χ3v) is 5.05. The van der Waals surface area contributed by atoms with Crippen molar-refractivity contribution in [3.8, 4) is 0 Å². The number of carbonyl (C=O) groups is 1. The summed E-state index contributed by atoms with van der Waals surface area (Å²) >= 11 is 5.29. The van der Waals surface area contributed by atoms with E-state index in [1.165, 1.54) is 19.3 Å². The Balaban J connectivity index is 1.78. The lowest BCUT2D eigenvalue weighted by atomic mass is 10.2. The summed E-state index contributed by atoms with van der Waals surface area (Å²) in [5.74, 6) is 0.0184. The highest BCUT2D eigenvalue weighted by molar-refractivity contribution is 9.10. The molecule has 0 saturated heterocycles. The second kappa shape index (κ2) is 7.31. The molecular formula is C14H19BrN2OS. The van der Waals surface area contributed by atoms with Gasteiger partial charge in [-0.3, -0.25) is 4.79 Å². The van der Waals surface area contributed by atoms with Gasteiger partial charge < -0.3 is 10.6 Å². The zero-order chi connectivity index (χ0) is 13.7. The first-order chi connectivity index (χ1) is 9.19. The van der Waals surface area contributed by atoms with Crippen molar-refractivity contribution in [2.75, 3.05) is 18.1 Å². The van der Waals surface area contributed by atoms with Crippen LogP contribution < -0.4 is 10.6 Å². The Kier molecular flexibility index (Phi) is 5.73. The summed E-state index contributed by atoms with van der Waals surface area (Å²) in [4.78, 5) is 11.9. The monoisotopic (exact) mass is 342 g/mol. The average molecular weight is 343 g/mol. The number of hydrogen-bond acceptors (Lipinski definition) is 3. The number of hydrogen-bond donors (Lipinski definition) is 2.